The molecule has 0 unspecified atom stereocenters. The van der Waals surface area contributed by atoms with Gasteiger partial charge in [0.15, 0.2) is 0 Å². The fourth-order valence-electron chi connectivity index (χ4n) is 1.05. The lowest BCUT2D eigenvalue weighted by molar-refractivity contribution is 1.26. The number of benzene rings is 1. The number of hydrogen-bond donors (Lipinski definition) is 1. The van der Waals surface area contributed by atoms with Crippen LogP contribution in [0.5, 0.6) is 0 Å². The fourth-order valence-corrected chi connectivity index (χ4v) is 1.05. The highest BCUT2D eigenvalue weighted by Crippen LogP contribution is 2.07. The van der Waals surface area contributed by atoms with Crippen molar-refractivity contribution in [1.82, 2.24) is 0 Å². The number of hydrazone groups is 1. The second kappa shape index (κ2) is 3.19. The van der Waals surface area contributed by atoms with E-state index in [9.17, 15) is 0 Å². The highest BCUT2D eigenvalue weighted by Gasteiger charge is 1.93. The highest BCUT2D eigenvalue weighted by molar-refractivity contribution is 5.81. The van der Waals surface area contributed by atoms with Gasteiger partial charge in [0, 0.05) is 0 Å². The second-order valence-corrected chi connectivity index (χ2v) is 2.64. The zero-order valence-corrected chi connectivity index (χ0v) is 6.83. The van der Waals surface area contributed by atoms with Gasteiger partial charge in [-0.15, -0.1) is 0 Å². The number of nitrogens with two attached hydrogens (primary N) is 1. The van der Waals surface area contributed by atoms with Crippen LogP contribution in [-0.4, -0.2) is 6.21 Å². The lowest BCUT2D eigenvalue weighted by Gasteiger charge is -1.99. The van der Waals surface area contributed by atoms with Crippen LogP contribution >= 0.6 is 0 Å². The Morgan fingerprint density at radius 1 is 1.36 bits per heavy atom. The Hall–Kier alpha value is -1.31. The van der Waals surface area contributed by atoms with E-state index in [1.54, 1.807) is 6.21 Å². The second-order valence-electron chi connectivity index (χ2n) is 2.64. The van der Waals surface area contributed by atoms with Crippen LogP contribution in [0.4, 0.5) is 0 Å². The van der Waals surface area contributed by atoms with Crippen LogP contribution in [0.2, 0.25) is 0 Å². The molecule has 0 aliphatic heterocycles. The molecule has 2 nitrogen and oxygen atoms in total. The summed E-state index contributed by atoms with van der Waals surface area (Å²) in [5.41, 5.74) is 3.55. The van der Waals surface area contributed by atoms with E-state index in [0.717, 1.165) is 5.56 Å². The molecule has 0 amide bonds. The van der Waals surface area contributed by atoms with Gasteiger partial charge >= 0.3 is 0 Å². The van der Waals surface area contributed by atoms with E-state index >= 15 is 0 Å². The van der Waals surface area contributed by atoms with Crippen LogP contribution in [0.15, 0.2) is 23.3 Å². The van der Waals surface area contributed by atoms with Gasteiger partial charge in [0.2, 0.25) is 0 Å². The molecule has 0 aliphatic rings. The van der Waals surface area contributed by atoms with E-state index in [2.05, 4.69) is 18.1 Å². The Balaban J connectivity index is 3.09. The summed E-state index contributed by atoms with van der Waals surface area (Å²) in [5.74, 6) is 5.04. The molecule has 0 bridgehead atoms. The van der Waals surface area contributed by atoms with E-state index in [0.29, 0.717) is 0 Å². The first kappa shape index (κ1) is 7.79. The van der Waals surface area contributed by atoms with Crippen molar-refractivity contribution in [3.8, 4) is 0 Å². The summed E-state index contributed by atoms with van der Waals surface area (Å²) in [5, 5.41) is 3.47. The van der Waals surface area contributed by atoms with Crippen molar-refractivity contribution in [1.29, 1.82) is 0 Å². The van der Waals surface area contributed by atoms with Crippen LogP contribution in [0.1, 0.15) is 16.7 Å². The monoisotopic (exact) mass is 148 g/mol. The molecule has 0 heterocycles. The average molecular weight is 148 g/mol. The maximum Gasteiger partial charge on any atom is 0.0540 e. The van der Waals surface area contributed by atoms with Gasteiger partial charge in [-0.05, 0) is 25.0 Å². The number of nitrogens with zero attached hydrogens (tertiary/aromatic N) is 1. The van der Waals surface area contributed by atoms with Crippen LogP contribution in [0.25, 0.3) is 0 Å². The van der Waals surface area contributed by atoms with Gasteiger partial charge in [-0.1, -0.05) is 23.8 Å². The van der Waals surface area contributed by atoms with E-state index in [1.807, 2.05) is 19.1 Å². The maximum atomic E-state index is 5.04. The molecule has 0 aliphatic carbocycles. The van der Waals surface area contributed by atoms with Gasteiger partial charge in [-0.25, -0.2) is 0 Å². The van der Waals surface area contributed by atoms with E-state index < -0.39 is 0 Å². The molecule has 58 valence electrons. The Bertz CT molecular complexity index is 277. The van der Waals surface area contributed by atoms with E-state index in [1.165, 1.54) is 11.1 Å². The van der Waals surface area contributed by atoms with Crippen molar-refractivity contribution in [2.45, 2.75) is 13.8 Å². The molecule has 1 aromatic carbocycles. The normalized spacial score (nSPS) is 10.7. The van der Waals surface area contributed by atoms with Gasteiger partial charge in [0.1, 0.15) is 0 Å². The first-order valence-electron chi connectivity index (χ1n) is 3.54. The van der Waals surface area contributed by atoms with Crippen LogP contribution in [0.3, 0.4) is 0 Å². The topological polar surface area (TPSA) is 38.4 Å². The van der Waals surface area contributed by atoms with Crippen molar-refractivity contribution in [3.05, 3.63) is 34.9 Å². The number of hydrogen-bond acceptors (Lipinski definition) is 2. The molecule has 0 saturated heterocycles. The third-order valence-corrected chi connectivity index (χ3v) is 1.64. The molecule has 0 saturated carbocycles. The summed E-state index contributed by atoms with van der Waals surface area (Å²) in [6.45, 7) is 4.11. The summed E-state index contributed by atoms with van der Waals surface area (Å²) in [7, 11) is 0. The Labute approximate surface area is 66.7 Å². The summed E-state index contributed by atoms with van der Waals surface area (Å²) in [4.78, 5) is 0. The Kier molecular flexibility index (Phi) is 2.26. The van der Waals surface area contributed by atoms with Gasteiger partial charge in [0.25, 0.3) is 0 Å². The van der Waals surface area contributed by atoms with Crippen molar-refractivity contribution >= 4 is 6.21 Å². The van der Waals surface area contributed by atoms with Crippen LogP contribution in [0, 0.1) is 13.8 Å². The zero-order valence-electron chi connectivity index (χ0n) is 6.83. The summed E-state index contributed by atoms with van der Waals surface area (Å²) < 4.78 is 0. The van der Waals surface area contributed by atoms with Crippen LogP contribution < -0.4 is 5.84 Å². The third kappa shape index (κ3) is 1.80. The molecule has 0 radical (unpaired) electrons. The summed E-state index contributed by atoms with van der Waals surface area (Å²) in [6, 6.07) is 6.17. The number of rotatable bonds is 1. The summed E-state index contributed by atoms with van der Waals surface area (Å²) in [6.07, 6.45) is 1.66. The molecular weight excluding hydrogens is 136 g/mol. The van der Waals surface area contributed by atoms with Gasteiger partial charge in [-0.2, -0.15) is 5.10 Å². The smallest absolute Gasteiger partial charge is 0.0540 e. The molecule has 2 N–H and O–H groups in total. The molecule has 0 spiro atoms. The van der Waals surface area contributed by atoms with Crippen molar-refractivity contribution in [2.75, 3.05) is 0 Å². The first-order chi connectivity index (χ1) is 5.24. The number of aryl methyl sites for hydroxylation is 2. The highest BCUT2D eigenvalue weighted by atomic mass is 15.1. The van der Waals surface area contributed by atoms with Gasteiger partial charge < -0.3 is 5.84 Å². The quantitative estimate of drug-likeness (QED) is 0.366. The summed E-state index contributed by atoms with van der Waals surface area (Å²) >= 11 is 0. The fraction of sp³-hybridized carbons (Fsp3) is 0.222. The third-order valence-electron chi connectivity index (χ3n) is 1.64. The predicted octanol–water partition coefficient (Wildman–Crippen LogP) is 1.60. The lowest BCUT2D eigenvalue weighted by Crippen LogP contribution is -1.90. The Morgan fingerprint density at radius 2 is 2.09 bits per heavy atom. The molecular formula is C9H12N2. The van der Waals surface area contributed by atoms with E-state index in [4.69, 9.17) is 5.84 Å². The average Bonchev–Trinajstić information content (AvgIpc) is 1.95. The molecule has 2 heteroatoms. The first-order valence-corrected chi connectivity index (χ1v) is 3.54. The maximum absolute atomic E-state index is 5.04. The van der Waals surface area contributed by atoms with Gasteiger partial charge in [-0.3, -0.25) is 0 Å². The lowest BCUT2D eigenvalue weighted by atomic mass is 10.1. The minimum atomic E-state index is 1.08. The standard InChI is InChI=1S/C9H12N2/c1-7-3-4-9(6-11-10)8(2)5-7/h3-6H,10H2,1-2H3. The molecule has 0 fully saturated rings. The van der Waals surface area contributed by atoms with Gasteiger partial charge in [0.05, 0.1) is 6.21 Å². The zero-order chi connectivity index (χ0) is 8.27. The van der Waals surface area contributed by atoms with Crippen molar-refractivity contribution < 1.29 is 0 Å². The van der Waals surface area contributed by atoms with Crippen molar-refractivity contribution in [2.24, 2.45) is 10.9 Å². The van der Waals surface area contributed by atoms with Crippen LogP contribution in [-0.2, 0) is 0 Å². The molecule has 11 heavy (non-hydrogen) atoms. The Morgan fingerprint density at radius 3 is 2.64 bits per heavy atom. The minimum Gasteiger partial charge on any atom is -0.323 e. The molecule has 1 rings (SSSR count). The van der Waals surface area contributed by atoms with E-state index in [-0.39, 0.29) is 0 Å². The molecule has 0 atom stereocenters. The minimum absolute atomic E-state index is 1.08. The predicted molar refractivity (Wildman–Crippen MR) is 47.7 cm³/mol. The molecule has 1 aromatic rings. The van der Waals surface area contributed by atoms with Crippen molar-refractivity contribution in [3.63, 3.8) is 0 Å². The SMILES string of the molecule is Cc1ccc(C=NN)c(C)c1. The largest absolute Gasteiger partial charge is 0.323 e. The molecule has 0 aromatic heterocycles.